The number of aromatic nitrogens is 1. The predicted molar refractivity (Wildman–Crippen MR) is 89.1 cm³/mol. The van der Waals surface area contributed by atoms with Gasteiger partial charge in [-0.15, -0.1) is 11.3 Å². The molecule has 0 fully saturated rings. The van der Waals surface area contributed by atoms with Gasteiger partial charge in [-0.25, -0.2) is 0 Å². The molecular weight excluding hydrogens is 296 g/mol. The Bertz CT molecular complexity index is 758. The summed E-state index contributed by atoms with van der Waals surface area (Å²) in [6, 6.07) is 13.6. The zero-order chi connectivity index (χ0) is 15.5. The highest BCUT2D eigenvalue weighted by atomic mass is 32.1. The second-order valence-corrected chi connectivity index (χ2v) is 6.34. The molecule has 2 N–H and O–H groups in total. The van der Waals surface area contributed by atoms with Crippen LogP contribution in [0, 0.1) is 0 Å². The summed E-state index contributed by atoms with van der Waals surface area (Å²) in [5.41, 5.74) is 0.858. The number of amides is 1. The summed E-state index contributed by atoms with van der Waals surface area (Å²) in [5.74, 6) is -0.0831. The van der Waals surface area contributed by atoms with E-state index in [0.717, 1.165) is 15.8 Å². The Morgan fingerprint density at radius 1 is 1.32 bits per heavy atom. The molecule has 0 bridgehead atoms. The third-order valence-corrected chi connectivity index (χ3v) is 4.79. The highest BCUT2D eigenvalue weighted by molar-refractivity contribution is 7.20. The highest BCUT2D eigenvalue weighted by Gasteiger charge is 2.13. The van der Waals surface area contributed by atoms with Crippen LogP contribution in [-0.2, 0) is 7.05 Å². The number of hydrogen-bond acceptors (Lipinski definition) is 3. The minimum Gasteiger partial charge on any atom is -0.387 e. The lowest BCUT2D eigenvalue weighted by Gasteiger charge is -2.12. The minimum absolute atomic E-state index is 0.0831. The number of fused-ring (bicyclic) bond motifs is 1. The molecule has 3 aromatic rings. The first kappa shape index (κ1) is 14.8. The zero-order valence-corrected chi connectivity index (χ0v) is 13.1. The summed E-state index contributed by atoms with van der Waals surface area (Å²) in [4.78, 5) is 12.9. The van der Waals surface area contributed by atoms with Crippen LogP contribution < -0.4 is 5.32 Å². The van der Waals surface area contributed by atoms with Crippen LogP contribution in [0.5, 0.6) is 0 Å². The van der Waals surface area contributed by atoms with Crippen LogP contribution in [0.15, 0.2) is 48.7 Å². The largest absolute Gasteiger partial charge is 0.387 e. The summed E-state index contributed by atoms with van der Waals surface area (Å²) in [5, 5.41) is 14.1. The molecule has 0 unspecified atom stereocenters. The normalized spacial score (nSPS) is 12.5. The van der Waals surface area contributed by atoms with E-state index in [9.17, 15) is 9.90 Å². The average molecular weight is 314 g/mol. The number of aliphatic hydroxyl groups is 1. The number of carbonyl (C=O) groups excluding carboxylic acids is 1. The number of thiophene rings is 1. The van der Waals surface area contributed by atoms with Crippen LogP contribution in [0.1, 0.15) is 27.9 Å². The van der Waals surface area contributed by atoms with E-state index in [4.69, 9.17) is 0 Å². The fourth-order valence-electron chi connectivity index (χ4n) is 2.47. The maximum Gasteiger partial charge on any atom is 0.261 e. The molecule has 3 rings (SSSR count). The first-order valence-electron chi connectivity index (χ1n) is 7.21. The number of carbonyl (C=O) groups is 1. The molecule has 0 aliphatic rings. The molecule has 1 amide bonds. The Morgan fingerprint density at radius 3 is 2.86 bits per heavy atom. The lowest BCUT2D eigenvalue weighted by Crippen LogP contribution is -2.25. The highest BCUT2D eigenvalue weighted by Crippen LogP contribution is 2.25. The maximum absolute atomic E-state index is 12.2. The van der Waals surface area contributed by atoms with E-state index < -0.39 is 6.10 Å². The quantitative estimate of drug-likeness (QED) is 0.760. The smallest absolute Gasteiger partial charge is 0.261 e. The van der Waals surface area contributed by atoms with Gasteiger partial charge in [0.25, 0.3) is 5.91 Å². The van der Waals surface area contributed by atoms with Crippen LogP contribution in [0.2, 0.25) is 0 Å². The van der Waals surface area contributed by atoms with E-state index in [1.54, 1.807) is 0 Å². The molecule has 0 radical (unpaired) electrons. The summed E-state index contributed by atoms with van der Waals surface area (Å²) in [6.07, 6.45) is 1.82. The van der Waals surface area contributed by atoms with Crippen molar-refractivity contribution in [2.45, 2.75) is 12.5 Å². The van der Waals surface area contributed by atoms with Gasteiger partial charge in [-0.2, -0.15) is 0 Å². The molecule has 1 aromatic carbocycles. The van der Waals surface area contributed by atoms with Crippen molar-refractivity contribution in [1.82, 2.24) is 9.88 Å². The zero-order valence-electron chi connectivity index (χ0n) is 12.3. The fourth-order valence-corrected chi connectivity index (χ4v) is 3.45. The third kappa shape index (κ3) is 3.05. The van der Waals surface area contributed by atoms with Gasteiger partial charge in [0.15, 0.2) is 0 Å². The van der Waals surface area contributed by atoms with E-state index >= 15 is 0 Å². The molecule has 114 valence electrons. The molecule has 5 heteroatoms. The van der Waals surface area contributed by atoms with Crippen LogP contribution in [0.4, 0.5) is 0 Å². The predicted octanol–water partition coefficient (Wildman–Crippen LogP) is 3.09. The number of nitrogens with one attached hydrogen (secondary N) is 1. The van der Waals surface area contributed by atoms with Crippen molar-refractivity contribution < 1.29 is 9.90 Å². The first-order chi connectivity index (χ1) is 10.6. The maximum atomic E-state index is 12.2. The minimum atomic E-state index is -0.567. The lowest BCUT2D eigenvalue weighted by molar-refractivity contribution is 0.0945. The van der Waals surface area contributed by atoms with Gasteiger partial charge in [0.1, 0.15) is 0 Å². The molecule has 4 nitrogen and oxygen atoms in total. The molecule has 0 saturated heterocycles. The molecule has 2 heterocycles. The Hall–Kier alpha value is -2.11. The fraction of sp³-hybridized carbons (Fsp3) is 0.235. The van der Waals surface area contributed by atoms with Crippen molar-refractivity contribution >= 4 is 27.3 Å². The van der Waals surface area contributed by atoms with Crippen LogP contribution >= 0.6 is 11.3 Å². The van der Waals surface area contributed by atoms with Crippen molar-refractivity contribution in [2.24, 2.45) is 7.05 Å². The molecule has 1 atom stereocenters. The van der Waals surface area contributed by atoms with Crippen molar-refractivity contribution in [2.75, 3.05) is 6.54 Å². The summed E-state index contributed by atoms with van der Waals surface area (Å²) in [7, 11) is 1.90. The number of hydrogen-bond donors (Lipinski definition) is 2. The van der Waals surface area contributed by atoms with Gasteiger partial charge < -0.3 is 15.0 Å². The SMILES string of the molecule is Cn1cccc1[C@H](O)CCNC(=O)c1cc2ccccc2s1. The standard InChI is InChI=1S/C17H18N2O2S/c1-19-10-4-6-13(19)14(20)8-9-18-17(21)16-11-12-5-2-3-7-15(12)22-16/h2-7,10-11,14,20H,8-9H2,1H3,(H,18,21)/t14-/m1/s1. The average Bonchev–Trinajstić information content (AvgIpc) is 3.12. The van der Waals surface area contributed by atoms with E-state index in [-0.39, 0.29) is 5.91 Å². The van der Waals surface area contributed by atoms with Crippen LogP contribution in [-0.4, -0.2) is 22.1 Å². The van der Waals surface area contributed by atoms with Crippen molar-refractivity contribution in [3.05, 3.63) is 59.2 Å². The lowest BCUT2D eigenvalue weighted by atomic mass is 10.2. The van der Waals surface area contributed by atoms with E-state index in [2.05, 4.69) is 5.32 Å². The molecule has 0 aliphatic carbocycles. The summed E-state index contributed by atoms with van der Waals surface area (Å²) >= 11 is 1.49. The van der Waals surface area contributed by atoms with E-state index in [1.165, 1.54) is 11.3 Å². The van der Waals surface area contributed by atoms with Gasteiger partial charge >= 0.3 is 0 Å². The van der Waals surface area contributed by atoms with Gasteiger partial charge in [-0.05, 0) is 36.1 Å². The molecule has 22 heavy (non-hydrogen) atoms. The number of aryl methyl sites for hydroxylation is 1. The molecule has 0 spiro atoms. The number of nitrogens with zero attached hydrogens (tertiary/aromatic N) is 1. The van der Waals surface area contributed by atoms with Gasteiger partial charge in [0.05, 0.1) is 11.0 Å². The van der Waals surface area contributed by atoms with Crippen molar-refractivity contribution in [1.29, 1.82) is 0 Å². The van der Waals surface area contributed by atoms with Crippen molar-refractivity contribution in [3.63, 3.8) is 0 Å². The second-order valence-electron chi connectivity index (χ2n) is 5.25. The van der Waals surface area contributed by atoms with Gasteiger partial charge in [-0.3, -0.25) is 4.79 Å². The molecule has 2 aromatic heterocycles. The molecular formula is C17H18N2O2S. The second kappa shape index (κ2) is 6.34. The van der Waals surface area contributed by atoms with Gasteiger partial charge in [-0.1, -0.05) is 18.2 Å². The number of benzene rings is 1. The Balaban J connectivity index is 1.57. The van der Waals surface area contributed by atoms with E-state index in [1.807, 2.05) is 60.3 Å². The Labute approximate surface area is 133 Å². The van der Waals surface area contributed by atoms with Crippen LogP contribution in [0.3, 0.4) is 0 Å². The summed E-state index contributed by atoms with van der Waals surface area (Å²) < 4.78 is 3.00. The molecule has 0 aliphatic heterocycles. The first-order valence-corrected chi connectivity index (χ1v) is 8.03. The summed E-state index contributed by atoms with van der Waals surface area (Å²) in [6.45, 7) is 0.444. The van der Waals surface area contributed by atoms with Gasteiger partial charge in [0, 0.05) is 30.2 Å². The third-order valence-electron chi connectivity index (χ3n) is 3.68. The van der Waals surface area contributed by atoms with Crippen molar-refractivity contribution in [3.8, 4) is 0 Å². The number of aliphatic hydroxyl groups excluding tert-OH is 1. The van der Waals surface area contributed by atoms with Crippen LogP contribution in [0.25, 0.3) is 10.1 Å². The monoisotopic (exact) mass is 314 g/mol. The Kier molecular flexibility index (Phi) is 4.27. The number of rotatable bonds is 5. The van der Waals surface area contributed by atoms with Gasteiger partial charge in [0.2, 0.25) is 0 Å². The van der Waals surface area contributed by atoms with E-state index in [0.29, 0.717) is 17.8 Å². The topological polar surface area (TPSA) is 54.3 Å². The molecule has 0 saturated carbocycles. The Morgan fingerprint density at radius 2 is 2.14 bits per heavy atom.